The van der Waals surface area contributed by atoms with Crippen molar-refractivity contribution in [2.45, 2.75) is 6.42 Å². The van der Waals surface area contributed by atoms with Crippen LogP contribution in [0.1, 0.15) is 11.3 Å². The highest BCUT2D eigenvalue weighted by atomic mass is 16.6. The largest absolute Gasteiger partial charge is 0.342 e. The molecule has 11 nitrogen and oxygen atoms in total. The molecule has 0 bridgehead atoms. The van der Waals surface area contributed by atoms with Crippen molar-refractivity contribution >= 4 is 17.8 Å². The van der Waals surface area contributed by atoms with Gasteiger partial charge in [-0.25, -0.2) is 15.3 Å². The average molecular weight is 318 g/mol. The van der Waals surface area contributed by atoms with E-state index in [0.717, 1.165) is 0 Å². The fourth-order valence-electron chi connectivity index (χ4n) is 1.58. The molecular weight excluding hydrogens is 308 g/mol. The lowest BCUT2D eigenvalue weighted by Gasteiger charge is -1.98. The third kappa shape index (κ3) is 4.42. The number of aromatic amines is 2. The molecule has 0 fully saturated rings. The monoisotopic (exact) mass is 318 g/mol. The molecule has 0 unspecified atom stereocenters. The van der Waals surface area contributed by atoms with E-state index in [2.05, 4.69) is 15.6 Å². The molecule has 2 rings (SSSR count). The number of amides is 1. The number of non-ortho nitro benzene ring substituents is 1. The minimum atomic E-state index is -0.775. The lowest BCUT2D eigenvalue weighted by atomic mass is 10.2. The maximum absolute atomic E-state index is 11.6. The molecule has 118 valence electrons. The number of nitrogens with zero attached hydrogens (tertiary/aromatic N) is 3. The third-order valence-electron chi connectivity index (χ3n) is 2.59. The van der Waals surface area contributed by atoms with E-state index in [-0.39, 0.29) is 11.4 Å². The Morgan fingerprint density at radius 3 is 2.91 bits per heavy atom. The Balaban J connectivity index is 1.98. The number of H-pyrrole nitrogens is 2. The minimum Gasteiger partial charge on any atom is -0.273 e. The molecule has 23 heavy (non-hydrogen) atoms. The summed E-state index contributed by atoms with van der Waals surface area (Å²) >= 11 is 0. The van der Waals surface area contributed by atoms with E-state index < -0.39 is 28.5 Å². The van der Waals surface area contributed by atoms with Crippen LogP contribution in [0.2, 0.25) is 0 Å². The van der Waals surface area contributed by atoms with Gasteiger partial charge in [0.1, 0.15) is 5.69 Å². The molecule has 3 N–H and O–H groups in total. The Labute approximate surface area is 127 Å². The molecule has 0 spiro atoms. The minimum absolute atomic E-state index is 0.107. The van der Waals surface area contributed by atoms with Crippen molar-refractivity contribution in [1.82, 2.24) is 20.6 Å². The average Bonchev–Trinajstić information content (AvgIpc) is 2.50. The zero-order chi connectivity index (χ0) is 16.8. The van der Waals surface area contributed by atoms with Gasteiger partial charge in [-0.1, -0.05) is 12.1 Å². The molecule has 1 heterocycles. The van der Waals surface area contributed by atoms with Crippen molar-refractivity contribution in [2.75, 3.05) is 0 Å². The van der Waals surface area contributed by atoms with Crippen LogP contribution in [0.3, 0.4) is 0 Å². The van der Waals surface area contributed by atoms with Crippen LogP contribution >= 0.6 is 0 Å². The third-order valence-corrected chi connectivity index (χ3v) is 2.59. The van der Waals surface area contributed by atoms with Gasteiger partial charge in [0.15, 0.2) is 0 Å². The Kier molecular flexibility index (Phi) is 4.72. The van der Waals surface area contributed by atoms with E-state index >= 15 is 0 Å². The Morgan fingerprint density at radius 1 is 1.43 bits per heavy atom. The van der Waals surface area contributed by atoms with Crippen molar-refractivity contribution in [3.05, 3.63) is 66.5 Å². The van der Waals surface area contributed by atoms with Crippen LogP contribution in [-0.4, -0.2) is 32.2 Å². The van der Waals surface area contributed by atoms with Crippen LogP contribution in [0.15, 0.2) is 39.0 Å². The van der Waals surface area contributed by atoms with Crippen LogP contribution in [0.4, 0.5) is 5.69 Å². The summed E-state index contributed by atoms with van der Waals surface area (Å²) in [4.78, 5) is 45.7. The van der Waals surface area contributed by atoms with E-state index in [0.29, 0.717) is 5.56 Å². The molecule has 0 atom stereocenters. The summed E-state index contributed by atoms with van der Waals surface area (Å²) in [5, 5.41) is 19.7. The zero-order valence-electron chi connectivity index (χ0n) is 11.5. The van der Waals surface area contributed by atoms with Gasteiger partial charge in [0.05, 0.1) is 17.6 Å². The number of aromatic nitrogens is 3. The van der Waals surface area contributed by atoms with Gasteiger partial charge in [-0.2, -0.15) is 10.2 Å². The van der Waals surface area contributed by atoms with Crippen LogP contribution in [0, 0.1) is 10.1 Å². The Hall–Kier alpha value is -3.63. The lowest BCUT2D eigenvalue weighted by Crippen LogP contribution is -2.31. The molecule has 0 aliphatic rings. The first kappa shape index (κ1) is 15.8. The fourth-order valence-corrected chi connectivity index (χ4v) is 1.58. The standard InChI is InChI=1S/C12H10N6O5/c19-10(5-9-11(20)14-12(21)17-15-9)16-13-6-7-2-1-3-8(4-7)18(22)23/h1-4,6H,5H2,(H,16,19)(H2,14,17,20,21)/b13-6-. The van der Waals surface area contributed by atoms with E-state index in [1.54, 1.807) is 6.07 Å². The second-order valence-corrected chi connectivity index (χ2v) is 4.28. The summed E-state index contributed by atoms with van der Waals surface area (Å²) in [5.41, 5.74) is 0.735. The van der Waals surface area contributed by atoms with Crippen molar-refractivity contribution < 1.29 is 9.72 Å². The first-order valence-electron chi connectivity index (χ1n) is 6.20. The van der Waals surface area contributed by atoms with Gasteiger partial charge >= 0.3 is 5.69 Å². The Bertz CT molecular complexity index is 884. The molecule has 2 aromatic rings. The quantitative estimate of drug-likeness (QED) is 0.366. The molecule has 0 aliphatic carbocycles. The van der Waals surface area contributed by atoms with Gasteiger partial charge < -0.3 is 0 Å². The van der Waals surface area contributed by atoms with Gasteiger partial charge in [-0.3, -0.25) is 24.7 Å². The number of benzene rings is 1. The van der Waals surface area contributed by atoms with E-state index in [1.165, 1.54) is 24.4 Å². The first-order valence-corrected chi connectivity index (χ1v) is 6.20. The molecule has 0 radical (unpaired) electrons. The highest BCUT2D eigenvalue weighted by molar-refractivity contribution is 5.83. The highest BCUT2D eigenvalue weighted by Gasteiger charge is 2.08. The highest BCUT2D eigenvalue weighted by Crippen LogP contribution is 2.11. The number of carbonyl (C=O) groups excluding carboxylic acids is 1. The molecular formula is C12H10N6O5. The number of rotatable bonds is 5. The number of carbonyl (C=O) groups is 1. The molecule has 0 saturated heterocycles. The number of hydrogen-bond acceptors (Lipinski definition) is 7. The van der Waals surface area contributed by atoms with Crippen LogP contribution in [0.25, 0.3) is 0 Å². The van der Waals surface area contributed by atoms with Crippen molar-refractivity contribution in [3.8, 4) is 0 Å². The fraction of sp³-hybridized carbons (Fsp3) is 0.0833. The predicted octanol–water partition coefficient (Wildman–Crippen LogP) is -0.941. The van der Waals surface area contributed by atoms with Crippen LogP contribution < -0.4 is 16.7 Å². The normalized spacial score (nSPS) is 10.6. The number of hydrogen-bond donors (Lipinski definition) is 3. The zero-order valence-corrected chi connectivity index (χ0v) is 11.5. The van der Waals surface area contributed by atoms with E-state index in [1.807, 2.05) is 10.1 Å². The van der Waals surface area contributed by atoms with Crippen LogP contribution in [-0.2, 0) is 11.2 Å². The van der Waals surface area contributed by atoms with E-state index in [4.69, 9.17) is 0 Å². The summed E-state index contributed by atoms with van der Waals surface area (Å²) in [5.74, 6) is -0.642. The SMILES string of the molecule is O=C(Cc1n[nH]c(=O)[nH]c1=O)N/N=C\c1cccc([N+](=O)[O-])c1. The predicted molar refractivity (Wildman–Crippen MR) is 78.0 cm³/mol. The maximum Gasteiger partial charge on any atom is 0.342 e. The molecule has 0 aliphatic heterocycles. The van der Waals surface area contributed by atoms with E-state index in [9.17, 15) is 24.5 Å². The first-order chi connectivity index (χ1) is 11.0. The number of hydrazone groups is 1. The van der Waals surface area contributed by atoms with Crippen LogP contribution in [0.5, 0.6) is 0 Å². The van der Waals surface area contributed by atoms with Crippen molar-refractivity contribution in [3.63, 3.8) is 0 Å². The maximum atomic E-state index is 11.6. The molecule has 1 aromatic heterocycles. The van der Waals surface area contributed by atoms with Crippen molar-refractivity contribution in [2.24, 2.45) is 5.10 Å². The second-order valence-electron chi connectivity index (χ2n) is 4.28. The molecule has 0 saturated carbocycles. The number of nitro groups is 1. The van der Waals surface area contributed by atoms with Crippen molar-refractivity contribution in [1.29, 1.82) is 0 Å². The summed E-state index contributed by atoms with van der Waals surface area (Å²) in [6.07, 6.45) is 0.827. The van der Waals surface area contributed by atoms with Gasteiger partial charge in [-0.15, -0.1) is 0 Å². The molecule has 11 heteroatoms. The summed E-state index contributed by atoms with van der Waals surface area (Å²) < 4.78 is 0. The number of nitro benzene ring substituents is 1. The van der Waals surface area contributed by atoms with Gasteiger partial charge in [0.25, 0.3) is 11.2 Å². The number of nitrogens with one attached hydrogen (secondary N) is 3. The topological polar surface area (TPSA) is 163 Å². The summed E-state index contributed by atoms with van der Waals surface area (Å²) in [6.45, 7) is 0. The second kappa shape index (κ2) is 6.89. The summed E-state index contributed by atoms with van der Waals surface area (Å²) in [7, 11) is 0. The summed E-state index contributed by atoms with van der Waals surface area (Å²) in [6, 6.07) is 5.65. The Morgan fingerprint density at radius 2 is 2.22 bits per heavy atom. The smallest absolute Gasteiger partial charge is 0.273 e. The van der Waals surface area contributed by atoms with Gasteiger partial charge in [-0.05, 0) is 0 Å². The van der Waals surface area contributed by atoms with Gasteiger partial charge in [0, 0.05) is 17.7 Å². The van der Waals surface area contributed by atoms with Gasteiger partial charge in [0.2, 0.25) is 5.91 Å². The molecule has 1 aromatic carbocycles. The molecule has 1 amide bonds. The lowest BCUT2D eigenvalue weighted by molar-refractivity contribution is -0.384.